The fourth-order valence-corrected chi connectivity index (χ4v) is 4.02. The van der Waals surface area contributed by atoms with Crippen LogP contribution in [-0.4, -0.2) is 36.9 Å². The standard InChI is InChI=1S/C12H12Cl2FNO4S/c13-8-3-4-9(11(14)12(8)15)21(19,20)16(6-10(17)18)5-7-1-2-7/h3-4,7H,1-2,5-6H2,(H,17,18). The van der Waals surface area contributed by atoms with Gasteiger partial charge in [-0.2, -0.15) is 4.31 Å². The Kier molecular flexibility index (Phi) is 4.77. The van der Waals surface area contributed by atoms with E-state index in [2.05, 4.69) is 0 Å². The van der Waals surface area contributed by atoms with Crippen molar-refractivity contribution < 1.29 is 22.7 Å². The van der Waals surface area contributed by atoms with Gasteiger partial charge in [-0.15, -0.1) is 0 Å². The second kappa shape index (κ2) is 6.08. The molecule has 116 valence electrons. The maximum absolute atomic E-state index is 13.7. The first-order valence-electron chi connectivity index (χ1n) is 6.09. The molecule has 0 amide bonds. The molecule has 1 aliphatic carbocycles. The van der Waals surface area contributed by atoms with Crippen molar-refractivity contribution in [3.8, 4) is 0 Å². The molecule has 0 aromatic heterocycles. The maximum Gasteiger partial charge on any atom is 0.318 e. The summed E-state index contributed by atoms with van der Waals surface area (Å²) in [4.78, 5) is 10.4. The van der Waals surface area contributed by atoms with Gasteiger partial charge in [0.15, 0.2) is 5.82 Å². The quantitative estimate of drug-likeness (QED) is 0.796. The maximum atomic E-state index is 13.7. The van der Waals surface area contributed by atoms with Crippen molar-refractivity contribution in [2.24, 2.45) is 5.92 Å². The Hall–Kier alpha value is -0.890. The molecule has 2 rings (SSSR count). The van der Waals surface area contributed by atoms with Crippen molar-refractivity contribution >= 4 is 39.2 Å². The van der Waals surface area contributed by atoms with Crippen molar-refractivity contribution in [1.82, 2.24) is 4.31 Å². The Labute approximate surface area is 131 Å². The van der Waals surface area contributed by atoms with E-state index in [9.17, 15) is 17.6 Å². The lowest BCUT2D eigenvalue weighted by atomic mass is 10.3. The lowest BCUT2D eigenvalue weighted by molar-refractivity contribution is -0.137. The molecule has 0 aliphatic heterocycles. The van der Waals surface area contributed by atoms with Gasteiger partial charge in [0.25, 0.3) is 0 Å². The molecule has 0 bridgehead atoms. The first-order valence-corrected chi connectivity index (χ1v) is 8.28. The first-order chi connectivity index (χ1) is 9.73. The minimum absolute atomic E-state index is 0.0786. The summed E-state index contributed by atoms with van der Waals surface area (Å²) in [5.41, 5.74) is 0. The summed E-state index contributed by atoms with van der Waals surface area (Å²) in [5, 5.41) is 7.93. The second-order valence-electron chi connectivity index (χ2n) is 4.81. The molecule has 9 heteroatoms. The number of rotatable bonds is 6. The van der Waals surface area contributed by atoms with Gasteiger partial charge in [-0.1, -0.05) is 23.2 Å². The number of halogens is 3. The highest BCUT2D eigenvalue weighted by Crippen LogP contribution is 2.34. The SMILES string of the molecule is O=C(O)CN(CC1CC1)S(=O)(=O)c1ccc(Cl)c(F)c1Cl. The van der Waals surface area contributed by atoms with Gasteiger partial charge >= 0.3 is 5.97 Å². The highest BCUT2D eigenvalue weighted by Gasteiger charge is 2.34. The van der Waals surface area contributed by atoms with Crippen molar-refractivity contribution in [2.75, 3.05) is 13.1 Å². The summed E-state index contributed by atoms with van der Waals surface area (Å²) < 4.78 is 39.4. The van der Waals surface area contributed by atoms with E-state index in [-0.39, 0.29) is 17.5 Å². The van der Waals surface area contributed by atoms with Crippen LogP contribution in [0.2, 0.25) is 10.0 Å². The first kappa shape index (κ1) is 16.5. The predicted octanol–water partition coefficient (Wildman–Crippen LogP) is 2.62. The van der Waals surface area contributed by atoms with E-state index in [0.29, 0.717) is 0 Å². The van der Waals surface area contributed by atoms with Crippen LogP contribution in [0.15, 0.2) is 17.0 Å². The van der Waals surface area contributed by atoms with Gasteiger partial charge in [0.05, 0.1) is 10.0 Å². The van der Waals surface area contributed by atoms with E-state index in [1.54, 1.807) is 0 Å². The number of carbonyl (C=O) groups is 1. The second-order valence-corrected chi connectivity index (χ2v) is 7.50. The molecule has 0 radical (unpaired) electrons. The van der Waals surface area contributed by atoms with Crippen LogP contribution in [0.1, 0.15) is 12.8 Å². The van der Waals surface area contributed by atoms with Gasteiger partial charge in [-0.05, 0) is 30.9 Å². The average molecular weight is 356 g/mol. The Morgan fingerprint density at radius 3 is 2.52 bits per heavy atom. The molecule has 1 fully saturated rings. The molecular formula is C12H12Cl2FNO4S. The van der Waals surface area contributed by atoms with E-state index < -0.39 is 38.3 Å². The average Bonchev–Trinajstić information content (AvgIpc) is 3.18. The third-order valence-electron chi connectivity index (χ3n) is 3.09. The van der Waals surface area contributed by atoms with E-state index in [4.69, 9.17) is 28.3 Å². The van der Waals surface area contributed by atoms with Crippen molar-refractivity contribution in [3.63, 3.8) is 0 Å². The van der Waals surface area contributed by atoms with Crippen molar-refractivity contribution in [2.45, 2.75) is 17.7 Å². The summed E-state index contributed by atoms with van der Waals surface area (Å²) in [7, 11) is -4.20. The molecule has 0 atom stereocenters. The van der Waals surface area contributed by atoms with E-state index >= 15 is 0 Å². The number of aliphatic carboxylic acids is 1. The monoisotopic (exact) mass is 355 g/mol. The lowest BCUT2D eigenvalue weighted by Gasteiger charge is -2.21. The third kappa shape index (κ3) is 3.66. The van der Waals surface area contributed by atoms with E-state index in [1.807, 2.05) is 0 Å². The lowest BCUT2D eigenvalue weighted by Crippen LogP contribution is -2.37. The molecule has 0 spiro atoms. The largest absolute Gasteiger partial charge is 0.480 e. The predicted molar refractivity (Wildman–Crippen MR) is 75.5 cm³/mol. The van der Waals surface area contributed by atoms with Crippen LogP contribution >= 0.6 is 23.2 Å². The normalized spacial score (nSPS) is 15.4. The topological polar surface area (TPSA) is 74.7 Å². The fourth-order valence-electron chi connectivity index (χ4n) is 1.83. The van der Waals surface area contributed by atoms with Crippen LogP contribution in [-0.2, 0) is 14.8 Å². The summed E-state index contributed by atoms with van der Waals surface area (Å²) >= 11 is 11.2. The molecule has 0 unspecified atom stereocenters. The molecule has 5 nitrogen and oxygen atoms in total. The number of nitrogens with zero attached hydrogens (tertiary/aromatic N) is 1. The molecule has 1 saturated carbocycles. The Balaban J connectivity index is 2.41. The number of hydrogen-bond acceptors (Lipinski definition) is 3. The summed E-state index contributed by atoms with van der Waals surface area (Å²) in [5.74, 6) is -2.19. The Morgan fingerprint density at radius 1 is 1.38 bits per heavy atom. The Morgan fingerprint density at radius 2 is 2.00 bits per heavy atom. The Bertz CT molecular complexity index is 676. The van der Waals surface area contributed by atoms with E-state index in [0.717, 1.165) is 29.3 Å². The van der Waals surface area contributed by atoms with Gasteiger partial charge in [-0.3, -0.25) is 4.79 Å². The molecular weight excluding hydrogens is 344 g/mol. The van der Waals surface area contributed by atoms with E-state index in [1.165, 1.54) is 0 Å². The fraction of sp³-hybridized carbons (Fsp3) is 0.417. The number of benzene rings is 1. The molecule has 0 saturated heterocycles. The smallest absolute Gasteiger partial charge is 0.318 e. The van der Waals surface area contributed by atoms with Crippen LogP contribution in [0.25, 0.3) is 0 Å². The molecule has 0 heterocycles. The summed E-state index contributed by atoms with van der Waals surface area (Å²) in [6, 6.07) is 2.15. The zero-order valence-electron chi connectivity index (χ0n) is 10.7. The van der Waals surface area contributed by atoms with Crippen LogP contribution in [0.3, 0.4) is 0 Å². The minimum Gasteiger partial charge on any atom is -0.480 e. The highest BCUT2D eigenvalue weighted by molar-refractivity contribution is 7.89. The van der Waals surface area contributed by atoms with Crippen molar-refractivity contribution in [3.05, 3.63) is 28.0 Å². The highest BCUT2D eigenvalue weighted by atomic mass is 35.5. The summed E-state index contributed by atoms with van der Waals surface area (Å²) in [6.07, 6.45) is 1.68. The number of carboxylic acid groups (broad SMARTS) is 1. The van der Waals surface area contributed by atoms with Crippen LogP contribution in [0.5, 0.6) is 0 Å². The zero-order valence-corrected chi connectivity index (χ0v) is 13.1. The number of carboxylic acids is 1. The van der Waals surface area contributed by atoms with Crippen LogP contribution < -0.4 is 0 Å². The molecule has 1 aromatic rings. The van der Waals surface area contributed by atoms with Crippen molar-refractivity contribution in [1.29, 1.82) is 0 Å². The van der Waals surface area contributed by atoms with Gasteiger partial charge in [0, 0.05) is 6.54 Å². The van der Waals surface area contributed by atoms with Gasteiger partial charge < -0.3 is 5.11 Å². The molecule has 1 aliphatic rings. The third-order valence-corrected chi connectivity index (χ3v) is 5.72. The molecule has 1 aromatic carbocycles. The number of sulfonamides is 1. The summed E-state index contributed by atoms with van der Waals surface area (Å²) in [6.45, 7) is -0.616. The van der Waals surface area contributed by atoms with Gasteiger partial charge in [-0.25, -0.2) is 12.8 Å². The molecule has 1 N–H and O–H groups in total. The van der Waals surface area contributed by atoms with Crippen LogP contribution in [0.4, 0.5) is 4.39 Å². The van der Waals surface area contributed by atoms with Gasteiger partial charge in [0.1, 0.15) is 11.4 Å². The van der Waals surface area contributed by atoms with Crippen LogP contribution in [0, 0.1) is 11.7 Å². The minimum atomic E-state index is -4.20. The molecule has 21 heavy (non-hydrogen) atoms. The number of hydrogen-bond donors (Lipinski definition) is 1. The zero-order chi connectivity index (χ0) is 15.8. The van der Waals surface area contributed by atoms with Gasteiger partial charge in [0.2, 0.25) is 10.0 Å².